The summed E-state index contributed by atoms with van der Waals surface area (Å²) in [5, 5.41) is 10.2. The minimum atomic E-state index is -0.817. The van der Waals surface area contributed by atoms with E-state index in [1.54, 1.807) is 0 Å². The molecule has 1 atom stereocenters. The first kappa shape index (κ1) is 42.4. The highest BCUT2D eigenvalue weighted by molar-refractivity contribution is 5.80. The van der Waals surface area contributed by atoms with E-state index in [1.165, 1.54) is 193 Å². The molecule has 0 spiro atoms. The van der Waals surface area contributed by atoms with Gasteiger partial charge >= 0.3 is 0 Å². The summed E-state index contributed by atoms with van der Waals surface area (Å²) in [6.07, 6.45) is 43.5. The second kappa shape index (κ2) is 35.9. The van der Waals surface area contributed by atoms with Gasteiger partial charge in [0.2, 0.25) is 0 Å². The number of hydrogen-bond acceptors (Lipinski definition) is 2. The molecule has 0 aliphatic heterocycles. The molecule has 0 aromatic heterocycles. The lowest BCUT2D eigenvalue weighted by Gasteiger charge is -2.25. The Morgan fingerprint density at radius 2 is 0.605 bits per heavy atom. The first-order valence-electron chi connectivity index (χ1n) is 20.1. The number of aliphatic hydroxyl groups is 1. The number of nitrogens with zero attached hydrogens (tertiary/aromatic N) is 1. The summed E-state index contributed by atoms with van der Waals surface area (Å²) in [7, 11) is 0. The largest absolute Gasteiger partial charge is 0.383 e. The Morgan fingerprint density at radius 3 is 0.814 bits per heavy atom. The van der Waals surface area contributed by atoms with Gasteiger partial charge in [0, 0.05) is 13.1 Å². The van der Waals surface area contributed by atoms with Crippen molar-refractivity contribution in [3.63, 3.8) is 0 Å². The molecule has 0 rings (SSSR count). The van der Waals surface area contributed by atoms with Crippen LogP contribution in [0.5, 0.6) is 0 Å². The van der Waals surface area contributed by atoms with Gasteiger partial charge in [0.1, 0.15) is 6.10 Å². The normalized spacial score (nSPS) is 12.2. The van der Waals surface area contributed by atoms with E-state index in [1.807, 2.05) is 11.8 Å². The van der Waals surface area contributed by atoms with Crippen LogP contribution < -0.4 is 0 Å². The van der Waals surface area contributed by atoms with Crippen molar-refractivity contribution in [2.75, 3.05) is 13.1 Å². The quantitative estimate of drug-likeness (QED) is 0.0720. The minimum Gasteiger partial charge on any atom is -0.383 e. The molecule has 0 heterocycles. The third-order valence-electron chi connectivity index (χ3n) is 9.55. The van der Waals surface area contributed by atoms with Crippen LogP contribution in [0, 0.1) is 0 Å². The van der Waals surface area contributed by atoms with Crippen LogP contribution in [0.4, 0.5) is 0 Å². The van der Waals surface area contributed by atoms with E-state index in [-0.39, 0.29) is 5.91 Å². The number of aliphatic hydroxyl groups excluding tert-OH is 1. The molecule has 0 aliphatic rings. The van der Waals surface area contributed by atoms with Crippen LogP contribution in [-0.4, -0.2) is 35.1 Å². The van der Waals surface area contributed by atoms with Gasteiger partial charge in [-0.1, -0.05) is 213 Å². The van der Waals surface area contributed by atoms with Gasteiger partial charge in [-0.15, -0.1) is 0 Å². The maximum absolute atomic E-state index is 12.7. The molecule has 0 aliphatic carbocycles. The number of carbonyl (C=O) groups is 1. The predicted octanol–water partition coefficient (Wildman–Crippen LogP) is 13.1. The Hall–Kier alpha value is -0.570. The number of carbonyl (C=O) groups excluding carboxylic acids is 1. The molecule has 1 N–H and O–H groups in total. The summed E-state index contributed by atoms with van der Waals surface area (Å²) in [6, 6.07) is 0. The fourth-order valence-corrected chi connectivity index (χ4v) is 6.42. The van der Waals surface area contributed by atoms with Gasteiger partial charge in [-0.3, -0.25) is 4.79 Å². The van der Waals surface area contributed by atoms with Crippen molar-refractivity contribution >= 4 is 5.91 Å². The zero-order valence-electron chi connectivity index (χ0n) is 30.1. The molecule has 43 heavy (non-hydrogen) atoms. The highest BCUT2D eigenvalue weighted by atomic mass is 16.3. The van der Waals surface area contributed by atoms with Gasteiger partial charge in [0.05, 0.1) is 0 Å². The van der Waals surface area contributed by atoms with Gasteiger partial charge in [0.15, 0.2) is 0 Å². The van der Waals surface area contributed by atoms with E-state index in [9.17, 15) is 9.90 Å². The summed E-state index contributed by atoms with van der Waals surface area (Å²) in [6.45, 7) is 8.14. The topological polar surface area (TPSA) is 40.5 Å². The fraction of sp³-hybridized carbons (Fsp3) is 0.975. The van der Waals surface area contributed by atoms with E-state index in [0.29, 0.717) is 6.42 Å². The van der Waals surface area contributed by atoms with Gasteiger partial charge < -0.3 is 10.0 Å². The summed E-state index contributed by atoms with van der Waals surface area (Å²) < 4.78 is 0. The van der Waals surface area contributed by atoms with Crippen LogP contribution >= 0.6 is 0 Å². The number of amides is 1. The zero-order valence-corrected chi connectivity index (χ0v) is 30.1. The summed E-state index contributed by atoms with van der Waals surface area (Å²) >= 11 is 0. The molecule has 0 saturated carbocycles. The van der Waals surface area contributed by atoms with Crippen LogP contribution in [0.25, 0.3) is 0 Å². The van der Waals surface area contributed by atoms with E-state index < -0.39 is 6.10 Å². The molecule has 1 unspecified atom stereocenters. The van der Waals surface area contributed by atoms with Crippen molar-refractivity contribution in [3.8, 4) is 0 Å². The first-order valence-corrected chi connectivity index (χ1v) is 20.1. The van der Waals surface area contributed by atoms with E-state index in [0.717, 1.165) is 25.9 Å². The fourth-order valence-electron chi connectivity index (χ4n) is 6.42. The number of unbranched alkanes of at least 4 members (excludes halogenated alkanes) is 30. The zero-order chi connectivity index (χ0) is 31.5. The lowest BCUT2D eigenvalue weighted by Crippen LogP contribution is -2.40. The lowest BCUT2D eigenvalue weighted by atomic mass is 10.0. The maximum atomic E-state index is 12.7. The maximum Gasteiger partial charge on any atom is 0.251 e. The predicted molar refractivity (Wildman–Crippen MR) is 192 cm³/mol. The summed E-state index contributed by atoms with van der Waals surface area (Å²) in [4.78, 5) is 14.7. The molecule has 0 saturated heterocycles. The average Bonchev–Trinajstić information content (AvgIpc) is 3.02. The third kappa shape index (κ3) is 31.2. The van der Waals surface area contributed by atoms with E-state index in [2.05, 4.69) is 13.8 Å². The standard InChI is InChI=1S/C40H81NO2/c1-4-7-9-11-13-15-17-19-21-23-25-27-29-31-33-35-37-41(40(43)39(42)6-3)38-36-34-32-30-28-26-24-22-20-18-16-14-12-10-8-5-2/h39,42H,4-38H2,1-3H3. The minimum absolute atomic E-state index is 0.0376. The van der Waals surface area contributed by atoms with Crippen LogP contribution in [0.2, 0.25) is 0 Å². The van der Waals surface area contributed by atoms with Crippen LogP contribution in [0.1, 0.15) is 233 Å². The van der Waals surface area contributed by atoms with Crippen molar-refractivity contribution in [3.05, 3.63) is 0 Å². The second-order valence-corrected chi connectivity index (χ2v) is 13.9. The average molecular weight is 608 g/mol. The van der Waals surface area contributed by atoms with Crippen LogP contribution in [0.15, 0.2) is 0 Å². The Balaban J connectivity index is 3.69. The second-order valence-electron chi connectivity index (χ2n) is 13.9. The number of hydrogen-bond donors (Lipinski definition) is 1. The van der Waals surface area contributed by atoms with Gasteiger partial charge in [-0.25, -0.2) is 0 Å². The molecule has 0 fully saturated rings. The monoisotopic (exact) mass is 608 g/mol. The lowest BCUT2D eigenvalue weighted by molar-refractivity contribution is -0.140. The molecule has 3 nitrogen and oxygen atoms in total. The van der Waals surface area contributed by atoms with Gasteiger partial charge in [-0.2, -0.15) is 0 Å². The van der Waals surface area contributed by atoms with Crippen molar-refractivity contribution < 1.29 is 9.90 Å². The Labute approximate surface area is 272 Å². The summed E-state index contributed by atoms with van der Waals surface area (Å²) in [5.74, 6) is -0.0376. The Morgan fingerprint density at radius 1 is 0.395 bits per heavy atom. The molecule has 258 valence electrons. The van der Waals surface area contributed by atoms with Crippen LogP contribution in [0.3, 0.4) is 0 Å². The molecular weight excluding hydrogens is 526 g/mol. The van der Waals surface area contributed by atoms with Crippen molar-refractivity contribution in [2.45, 2.75) is 239 Å². The van der Waals surface area contributed by atoms with Crippen LogP contribution in [-0.2, 0) is 4.79 Å². The van der Waals surface area contributed by atoms with Crippen molar-refractivity contribution in [1.29, 1.82) is 0 Å². The summed E-state index contributed by atoms with van der Waals surface area (Å²) in [5.41, 5.74) is 0. The molecule has 0 bridgehead atoms. The first-order chi connectivity index (χ1) is 21.2. The van der Waals surface area contributed by atoms with Crippen molar-refractivity contribution in [2.24, 2.45) is 0 Å². The molecule has 0 aromatic rings. The van der Waals surface area contributed by atoms with Gasteiger partial charge in [0.25, 0.3) is 5.91 Å². The smallest absolute Gasteiger partial charge is 0.251 e. The van der Waals surface area contributed by atoms with Gasteiger partial charge in [-0.05, 0) is 19.3 Å². The number of rotatable bonds is 36. The highest BCUT2D eigenvalue weighted by Gasteiger charge is 2.19. The Bertz CT molecular complexity index is 501. The highest BCUT2D eigenvalue weighted by Crippen LogP contribution is 2.16. The van der Waals surface area contributed by atoms with E-state index in [4.69, 9.17) is 0 Å². The molecular formula is C40H81NO2. The molecule has 1 amide bonds. The third-order valence-corrected chi connectivity index (χ3v) is 9.55. The molecule has 3 heteroatoms. The Kier molecular flexibility index (Phi) is 35.4. The van der Waals surface area contributed by atoms with Crippen molar-refractivity contribution in [1.82, 2.24) is 4.90 Å². The molecule has 0 aromatic carbocycles. The molecule has 0 radical (unpaired) electrons. The van der Waals surface area contributed by atoms with E-state index >= 15 is 0 Å². The SMILES string of the molecule is CCCCCCCCCCCCCCCCCCN(CCCCCCCCCCCCCCCCCC)C(=O)C(O)CC.